The van der Waals surface area contributed by atoms with E-state index in [1.807, 2.05) is 0 Å². The lowest BCUT2D eigenvalue weighted by Crippen LogP contribution is -2.35. The molecule has 1 unspecified atom stereocenters. The average molecular weight is 113 g/mol. The van der Waals surface area contributed by atoms with E-state index in [-0.39, 0.29) is 6.42 Å². The van der Waals surface area contributed by atoms with E-state index in [9.17, 15) is 4.79 Å². The maximum absolute atomic E-state index is 10.0. The molecule has 4 nitrogen and oxygen atoms in total. The third-order valence-corrected chi connectivity index (χ3v) is 0.677. The van der Waals surface area contributed by atoms with Crippen molar-refractivity contribution in [3.63, 3.8) is 0 Å². The summed E-state index contributed by atoms with van der Waals surface area (Å²) in [6, 6.07) is 0.917. The van der Waals surface area contributed by atoms with Crippen molar-refractivity contribution in [3.8, 4) is 6.07 Å². The topological polar surface area (TPSA) is 92.9 Å². The molecule has 1 atom stereocenters. The van der Waals surface area contributed by atoms with Crippen molar-refractivity contribution in [3.05, 3.63) is 0 Å². The van der Waals surface area contributed by atoms with Gasteiger partial charge in [-0.3, -0.25) is 4.79 Å². The second-order valence-electron chi connectivity index (χ2n) is 1.37. The third kappa shape index (κ3) is 2.16. The van der Waals surface area contributed by atoms with Crippen LogP contribution in [0.4, 0.5) is 0 Å². The van der Waals surface area contributed by atoms with Gasteiger partial charge in [-0.25, -0.2) is 0 Å². The van der Waals surface area contributed by atoms with Crippen LogP contribution in [0.3, 0.4) is 0 Å². The molecule has 4 N–H and O–H groups in total. The van der Waals surface area contributed by atoms with E-state index in [1.165, 1.54) is 0 Å². The molecule has 0 rings (SSSR count). The van der Waals surface area contributed by atoms with Gasteiger partial charge in [0.25, 0.3) is 0 Å². The summed E-state index contributed by atoms with van der Waals surface area (Å²) in [7, 11) is 0. The Kier molecular flexibility index (Phi) is 2.59. The maximum atomic E-state index is 10.0. The quantitative estimate of drug-likeness (QED) is 0.466. The molecule has 0 aromatic carbocycles. The number of hydrogen-bond acceptors (Lipinski definition) is 3. The molecule has 8 heavy (non-hydrogen) atoms. The van der Waals surface area contributed by atoms with E-state index >= 15 is 0 Å². The minimum atomic E-state index is -0.806. The molecule has 0 bridgehead atoms. The lowest BCUT2D eigenvalue weighted by molar-refractivity contribution is -0.119. The number of nitrogens with zero attached hydrogens (tertiary/aromatic N) is 1. The summed E-state index contributed by atoms with van der Waals surface area (Å²) in [6.07, 6.45) is -0.00463. The largest absolute Gasteiger partial charge is 0.368 e. The van der Waals surface area contributed by atoms with E-state index < -0.39 is 11.9 Å². The van der Waals surface area contributed by atoms with E-state index in [0.717, 1.165) is 0 Å². The van der Waals surface area contributed by atoms with Gasteiger partial charge < -0.3 is 11.5 Å². The molecule has 1 amide bonds. The smallest absolute Gasteiger partial charge is 0.235 e. The van der Waals surface area contributed by atoms with Gasteiger partial charge in [-0.2, -0.15) is 5.26 Å². The number of hydrogen-bond donors (Lipinski definition) is 2. The summed E-state index contributed by atoms with van der Waals surface area (Å²) >= 11 is 0. The molecule has 0 fully saturated rings. The predicted molar refractivity (Wildman–Crippen MR) is 27.4 cm³/mol. The van der Waals surface area contributed by atoms with Crippen LogP contribution in [-0.4, -0.2) is 11.9 Å². The van der Waals surface area contributed by atoms with E-state index in [1.54, 1.807) is 6.07 Å². The fourth-order valence-corrected chi connectivity index (χ4v) is 0.199. The Balaban J connectivity index is 3.52. The van der Waals surface area contributed by atoms with Gasteiger partial charge in [0, 0.05) is 0 Å². The highest BCUT2D eigenvalue weighted by Gasteiger charge is 2.05. The molecule has 0 saturated carbocycles. The summed E-state index contributed by atoms with van der Waals surface area (Å²) in [5.74, 6) is -0.633. The molecule has 0 aliphatic rings. The standard InChI is InChI=1S/C4H7N3O/c5-2-1-3(6)4(7)8/h3H,1,6H2,(H2,7,8). The van der Waals surface area contributed by atoms with E-state index in [2.05, 4.69) is 0 Å². The lowest BCUT2D eigenvalue weighted by atomic mass is 10.2. The van der Waals surface area contributed by atoms with Crippen molar-refractivity contribution >= 4 is 5.91 Å². The van der Waals surface area contributed by atoms with Crippen molar-refractivity contribution in [1.29, 1.82) is 5.26 Å². The fourth-order valence-electron chi connectivity index (χ4n) is 0.199. The van der Waals surface area contributed by atoms with Crippen LogP contribution in [-0.2, 0) is 4.79 Å². The highest BCUT2D eigenvalue weighted by atomic mass is 16.1. The van der Waals surface area contributed by atoms with Crippen LogP contribution in [0.1, 0.15) is 6.42 Å². The molecular weight excluding hydrogens is 106 g/mol. The summed E-state index contributed by atoms with van der Waals surface area (Å²) in [6.45, 7) is 0. The van der Waals surface area contributed by atoms with Crippen molar-refractivity contribution in [2.24, 2.45) is 11.5 Å². The first-order valence-electron chi connectivity index (χ1n) is 2.10. The first-order valence-corrected chi connectivity index (χ1v) is 2.10. The zero-order chi connectivity index (χ0) is 6.57. The monoisotopic (exact) mass is 113 g/mol. The fraction of sp³-hybridized carbons (Fsp3) is 0.500. The Morgan fingerprint density at radius 2 is 2.38 bits per heavy atom. The minimum absolute atomic E-state index is 0.00463. The molecule has 0 aliphatic carbocycles. The summed E-state index contributed by atoms with van der Waals surface area (Å²) in [4.78, 5) is 10.0. The highest BCUT2D eigenvalue weighted by Crippen LogP contribution is 1.80. The molecule has 4 heteroatoms. The SMILES string of the molecule is N#CCC(N)C(N)=O. The molecule has 0 spiro atoms. The number of primary amides is 1. The molecule has 0 radical (unpaired) electrons. The first kappa shape index (κ1) is 6.92. The van der Waals surface area contributed by atoms with E-state index in [4.69, 9.17) is 16.7 Å². The van der Waals surface area contributed by atoms with Crippen LogP contribution >= 0.6 is 0 Å². The maximum Gasteiger partial charge on any atom is 0.235 e. The van der Waals surface area contributed by atoms with E-state index in [0.29, 0.717) is 0 Å². The van der Waals surface area contributed by atoms with Gasteiger partial charge in [-0.1, -0.05) is 0 Å². The van der Waals surface area contributed by atoms with Crippen LogP contribution in [0.5, 0.6) is 0 Å². The predicted octanol–water partition coefficient (Wildman–Crippen LogP) is -1.29. The number of carbonyl (C=O) groups is 1. The molecule has 0 aromatic heterocycles. The Morgan fingerprint density at radius 1 is 1.88 bits per heavy atom. The van der Waals surface area contributed by atoms with Crippen molar-refractivity contribution in [1.82, 2.24) is 0 Å². The molecular formula is C4H7N3O. The summed E-state index contributed by atoms with van der Waals surface area (Å²) in [5.41, 5.74) is 9.74. The third-order valence-electron chi connectivity index (χ3n) is 0.677. The lowest BCUT2D eigenvalue weighted by Gasteiger charge is -1.97. The molecule has 44 valence electrons. The van der Waals surface area contributed by atoms with Crippen LogP contribution < -0.4 is 11.5 Å². The first-order chi connectivity index (χ1) is 3.68. The molecule has 0 aliphatic heterocycles. The van der Waals surface area contributed by atoms with Gasteiger partial charge in [-0.15, -0.1) is 0 Å². The Hall–Kier alpha value is -1.08. The number of amides is 1. The Bertz CT molecular complexity index is 126. The average Bonchev–Trinajstić information content (AvgIpc) is 1.67. The molecule has 0 aromatic rings. The zero-order valence-electron chi connectivity index (χ0n) is 4.29. The van der Waals surface area contributed by atoms with Gasteiger partial charge in [0.15, 0.2) is 0 Å². The molecule has 0 saturated heterocycles. The normalized spacial score (nSPS) is 12.0. The Labute approximate surface area is 47.1 Å². The van der Waals surface area contributed by atoms with Crippen LogP contribution in [0.15, 0.2) is 0 Å². The number of carbonyl (C=O) groups excluding carboxylic acids is 1. The number of rotatable bonds is 2. The van der Waals surface area contributed by atoms with Crippen molar-refractivity contribution in [2.45, 2.75) is 12.5 Å². The summed E-state index contributed by atoms with van der Waals surface area (Å²) < 4.78 is 0. The zero-order valence-corrected chi connectivity index (χ0v) is 4.29. The van der Waals surface area contributed by atoms with Crippen LogP contribution in [0.2, 0.25) is 0 Å². The Morgan fingerprint density at radius 3 is 2.50 bits per heavy atom. The minimum Gasteiger partial charge on any atom is -0.368 e. The second kappa shape index (κ2) is 2.99. The molecule has 0 heterocycles. The van der Waals surface area contributed by atoms with Gasteiger partial charge in [-0.05, 0) is 0 Å². The number of nitriles is 1. The number of nitrogens with two attached hydrogens (primary N) is 2. The van der Waals surface area contributed by atoms with Gasteiger partial charge in [0.05, 0.1) is 18.5 Å². The van der Waals surface area contributed by atoms with Gasteiger partial charge >= 0.3 is 0 Å². The van der Waals surface area contributed by atoms with Crippen LogP contribution in [0, 0.1) is 11.3 Å². The van der Waals surface area contributed by atoms with Crippen molar-refractivity contribution < 1.29 is 4.79 Å². The highest BCUT2D eigenvalue weighted by molar-refractivity contribution is 5.79. The van der Waals surface area contributed by atoms with Crippen LogP contribution in [0.25, 0.3) is 0 Å². The van der Waals surface area contributed by atoms with Gasteiger partial charge in [0.1, 0.15) is 0 Å². The van der Waals surface area contributed by atoms with Crippen molar-refractivity contribution in [2.75, 3.05) is 0 Å². The second-order valence-corrected chi connectivity index (χ2v) is 1.37. The van der Waals surface area contributed by atoms with Gasteiger partial charge in [0.2, 0.25) is 5.91 Å². The summed E-state index contributed by atoms with van der Waals surface area (Å²) in [5, 5.41) is 7.95.